The van der Waals surface area contributed by atoms with Gasteiger partial charge in [0.15, 0.2) is 11.5 Å². The van der Waals surface area contributed by atoms with Gasteiger partial charge in [-0.1, -0.05) is 42.1 Å². The summed E-state index contributed by atoms with van der Waals surface area (Å²) in [6, 6.07) is 19.4. The number of fused-ring (bicyclic) bond motifs is 1. The van der Waals surface area contributed by atoms with Gasteiger partial charge in [-0.2, -0.15) is 0 Å². The molecule has 3 heterocycles. The molecule has 2 aromatic carbocycles. The minimum Gasteiger partial charge on any atom is -0.454 e. The number of anilines is 1. The predicted molar refractivity (Wildman–Crippen MR) is 135 cm³/mol. The van der Waals surface area contributed by atoms with Gasteiger partial charge in [0.25, 0.3) is 5.91 Å². The number of rotatable bonds is 7. The van der Waals surface area contributed by atoms with Crippen molar-refractivity contribution in [3.8, 4) is 11.5 Å². The normalized spacial score (nSPS) is 15.1. The topological polar surface area (TPSA) is 80.8 Å². The zero-order valence-electron chi connectivity index (χ0n) is 19.3. The van der Waals surface area contributed by atoms with Crippen LogP contribution in [0, 0.1) is 5.92 Å². The second-order valence-electron chi connectivity index (χ2n) is 8.69. The first-order valence-electron chi connectivity index (χ1n) is 11.8. The van der Waals surface area contributed by atoms with E-state index in [4.69, 9.17) is 9.47 Å². The Kier molecular flexibility index (Phi) is 7.18. The molecule has 0 aliphatic carbocycles. The van der Waals surface area contributed by atoms with E-state index in [9.17, 15) is 9.59 Å². The van der Waals surface area contributed by atoms with E-state index < -0.39 is 0 Å². The standard InChI is InChI=1S/C27H27N3O4S/c31-25(29-21-8-9-23-24(16-21)34-18-33-23)17-35-26-22(7-4-12-28-26)27(32)30-13-10-20(11-14-30)15-19-5-2-1-3-6-19/h1-9,12,16,20H,10-11,13-15,17-18H2,(H,29,31). The van der Waals surface area contributed by atoms with Crippen LogP contribution in [-0.2, 0) is 11.2 Å². The SMILES string of the molecule is O=C(CSc1ncccc1C(=O)N1CCC(Cc2ccccc2)CC1)Nc1ccc2c(c1)OCO2. The minimum absolute atomic E-state index is 0.0186. The van der Waals surface area contributed by atoms with E-state index in [0.717, 1.165) is 32.4 Å². The van der Waals surface area contributed by atoms with E-state index >= 15 is 0 Å². The summed E-state index contributed by atoms with van der Waals surface area (Å²) in [5, 5.41) is 3.43. The highest BCUT2D eigenvalue weighted by Gasteiger charge is 2.26. The number of piperidine rings is 1. The Morgan fingerprint density at radius 2 is 1.80 bits per heavy atom. The lowest BCUT2D eigenvalue weighted by atomic mass is 9.90. The van der Waals surface area contributed by atoms with Gasteiger partial charge in [0.1, 0.15) is 5.03 Å². The summed E-state index contributed by atoms with van der Waals surface area (Å²) in [5.41, 5.74) is 2.53. The maximum absolute atomic E-state index is 13.3. The van der Waals surface area contributed by atoms with Gasteiger partial charge >= 0.3 is 0 Å². The van der Waals surface area contributed by atoms with Crippen LogP contribution in [0.3, 0.4) is 0 Å². The largest absolute Gasteiger partial charge is 0.454 e. The molecule has 1 saturated heterocycles. The van der Waals surface area contributed by atoms with Crippen molar-refractivity contribution in [1.29, 1.82) is 0 Å². The van der Waals surface area contributed by atoms with E-state index in [-0.39, 0.29) is 24.4 Å². The van der Waals surface area contributed by atoms with Crippen LogP contribution in [0.2, 0.25) is 0 Å². The monoisotopic (exact) mass is 489 g/mol. The van der Waals surface area contributed by atoms with Crippen molar-refractivity contribution in [3.63, 3.8) is 0 Å². The Labute approximate surface area is 208 Å². The molecule has 2 aliphatic heterocycles. The third-order valence-corrected chi connectivity index (χ3v) is 7.27. The van der Waals surface area contributed by atoms with Gasteiger partial charge in [-0.3, -0.25) is 9.59 Å². The summed E-state index contributed by atoms with van der Waals surface area (Å²) in [6.45, 7) is 1.66. The van der Waals surface area contributed by atoms with Crippen LogP contribution < -0.4 is 14.8 Å². The third kappa shape index (κ3) is 5.77. The highest BCUT2D eigenvalue weighted by molar-refractivity contribution is 8.00. The molecular formula is C27H27N3O4S. The maximum Gasteiger partial charge on any atom is 0.256 e. The number of thioether (sulfide) groups is 1. The number of amides is 2. The van der Waals surface area contributed by atoms with Crippen molar-refractivity contribution in [2.45, 2.75) is 24.3 Å². The van der Waals surface area contributed by atoms with Gasteiger partial charge in [0.2, 0.25) is 12.7 Å². The van der Waals surface area contributed by atoms with Crippen LogP contribution >= 0.6 is 11.8 Å². The van der Waals surface area contributed by atoms with Crippen LogP contribution in [0.1, 0.15) is 28.8 Å². The van der Waals surface area contributed by atoms with Gasteiger partial charge in [-0.25, -0.2) is 4.98 Å². The molecule has 0 spiro atoms. The highest BCUT2D eigenvalue weighted by Crippen LogP contribution is 2.34. The molecule has 1 aromatic heterocycles. The van der Waals surface area contributed by atoms with Gasteiger partial charge < -0.3 is 19.7 Å². The average molecular weight is 490 g/mol. The zero-order valence-corrected chi connectivity index (χ0v) is 20.1. The Bertz CT molecular complexity index is 1200. The number of likely N-dealkylation sites (tertiary alicyclic amines) is 1. The van der Waals surface area contributed by atoms with Crippen molar-refractivity contribution in [2.75, 3.05) is 31.0 Å². The Morgan fingerprint density at radius 3 is 2.63 bits per heavy atom. The first-order valence-corrected chi connectivity index (χ1v) is 12.7. The molecule has 5 rings (SSSR count). The summed E-state index contributed by atoms with van der Waals surface area (Å²) in [4.78, 5) is 32.1. The molecule has 7 nitrogen and oxygen atoms in total. The number of carbonyl (C=O) groups excluding carboxylic acids is 2. The average Bonchev–Trinajstić information content (AvgIpc) is 3.36. The number of nitrogens with zero attached hydrogens (tertiary/aromatic N) is 2. The van der Waals surface area contributed by atoms with Crippen molar-refractivity contribution >= 4 is 29.3 Å². The van der Waals surface area contributed by atoms with Crippen LogP contribution in [0.4, 0.5) is 5.69 Å². The number of benzene rings is 2. The van der Waals surface area contributed by atoms with Crippen LogP contribution in [-0.4, -0.2) is 47.3 Å². The fourth-order valence-corrected chi connectivity index (χ4v) is 5.22. The first-order chi connectivity index (χ1) is 17.2. The number of nitrogens with one attached hydrogen (secondary N) is 1. The van der Waals surface area contributed by atoms with E-state index in [0.29, 0.717) is 33.7 Å². The molecule has 0 bridgehead atoms. The van der Waals surface area contributed by atoms with Crippen molar-refractivity contribution < 1.29 is 19.1 Å². The quantitative estimate of drug-likeness (QED) is 0.487. The Balaban J connectivity index is 1.15. The van der Waals surface area contributed by atoms with Gasteiger partial charge in [0.05, 0.1) is 11.3 Å². The zero-order chi connectivity index (χ0) is 24.0. The van der Waals surface area contributed by atoms with Crippen molar-refractivity contribution in [3.05, 3.63) is 78.0 Å². The summed E-state index contributed by atoms with van der Waals surface area (Å²) in [5.74, 6) is 1.81. The minimum atomic E-state index is -0.181. The second-order valence-corrected chi connectivity index (χ2v) is 9.65. The molecular weight excluding hydrogens is 462 g/mol. The lowest BCUT2D eigenvalue weighted by Crippen LogP contribution is -2.39. The lowest BCUT2D eigenvalue weighted by molar-refractivity contribution is -0.113. The highest BCUT2D eigenvalue weighted by atomic mass is 32.2. The van der Waals surface area contributed by atoms with E-state index in [1.807, 2.05) is 11.0 Å². The molecule has 8 heteroatoms. The molecule has 2 aliphatic rings. The van der Waals surface area contributed by atoms with Gasteiger partial charge in [-0.05, 0) is 55.0 Å². The summed E-state index contributed by atoms with van der Waals surface area (Å²) in [7, 11) is 0. The lowest BCUT2D eigenvalue weighted by Gasteiger charge is -2.32. The molecule has 0 radical (unpaired) electrons. The Morgan fingerprint density at radius 1 is 1.00 bits per heavy atom. The van der Waals surface area contributed by atoms with E-state index in [2.05, 4.69) is 34.6 Å². The number of pyridine rings is 1. The molecule has 0 atom stereocenters. The molecule has 2 amide bonds. The number of aromatic nitrogens is 1. The van der Waals surface area contributed by atoms with E-state index in [1.165, 1.54) is 17.3 Å². The molecule has 3 aromatic rings. The maximum atomic E-state index is 13.3. The van der Waals surface area contributed by atoms with Crippen LogP contribution in [0.5, 0.6) is 11.5 Å². The van der Waals surface area contributed by atoms with Crippen molar-refractivity contribution in [2.24, 2.45) is 5.92 Å². The Hall–Kier alpha value is -3.52. The van der Waals surface area contributed by atoms with Crippen LogP contribution in [0.25, 0.3) is 0 Å². The van der Waals surface area contributed by atoms with Crippen LogP contribution in [0.15, 0.2) is 71.9 Å². The van der Waals surface area contributed by atoms with Gasteiger partial charge in [0, 0.05) is 31.0 Å². The number of hydrogen-bond acceptors (Lipinski definition) is 6. The predicted octanol–water partition coefficient (Wildman–Crippen LogP) is 4.64. The fraction of sp³-hybridized carbons (Fsp3) is 0.296. The molecule has 1 N–H and O–H groups in total. The molecule has 180 valence electrons. The first kappa shape index (κ1) is 23.2. The molecule has 35 heavy (non-hydrogen) atoms. The molecule has 0 unspecified atom stereocenters. The summed E-state index contributed by atoms with van der Waals surface area (Å²) in [6.07, 6.45) is 4.68. The molecule has 1 fully saturated rings. The van der Waals surface area contributed by atoms with Crippen molar-refractivity contribution in [1.82, 2.24) is 9.88 Å². The second kappa shape index (κ2) is 10.8. The third-order valence-electron chi connectivity index (χ3n) is 6.27. The van der Waals surface area contributed by atoms with E-state index in [1.54, 1.807) is 36.5 Å². The molecule has 0 saturated carbocycles. The number of hydrogen-bond donors (Lipinski definition) is 1. The summed E-state index contributed by atoms with van der Waals surface area (Å²) < 4.78 is 10.7. The van der Waals surface area contributed by atoms with Gasteiger partial charge in [-0.15, -0.1) is 0 Å². The smallest absolute Gasteiger partial charge is 0.256 e. The number of carbonyl (C=O) groups is 2. The number of ether oxygens (including phenoxy) is 2. The summed E-state index contributed by atoms with van der Waals surface area (Å²) >= 11 is 1.27. The fourth-order valence-electron chi connectivity index (χ4n) is 4.43.